The van der Waals surface area contributed by atoms with Crippen LogP contribution in [0.1, 0.15) is 27.2 Å². The van der Waals surface area contributed by atoms with Crippen LogP contribution in [0.3, 0.4) is 0 Å². The summed E-state index contributed by atoms with van der Waals surface area (Å²) >= 11 is 0. The second-order valence-corrected chi connectivity index (χ2v) is 10.7. The van der Waals surface area contributed by atoms with Gasteiger partial charge in [0.05, 0.1) is 5.69 Å². The molecule has 3 heterocycles. The molecular weight excluding hydrogens is 485 g/mol. The molecule has 0 saturated carbocycles. The first kappa shape index (κ1) is 25.5. The Balaban J connectivity index is 2.14. The van der Waals surface area contributed by atoms with Gasteiger partial charge in [0.25, 0.3) is 5.91 Å². The number of piperidine rings is 1. The third-order valence-corrected chi connectivity index (χ3v) is 7.02. The number of amides is 4. The molecule has 15 heteroatoms. The molecule has 2 fully saturated rings. The number of aromatic nitrogens is 1. The molecule has 1 aromatic rings. The molecule has 11 nitrogen and oxygen atoms in total. The SMILES string of the molecule is CN1C(=O)N(c2ccnc(OS(=O)(=O)C(F)(F)F)c2)C2(CCN(C(=O)O)CC2C(C)(C)C)C1=O. The van der Waals surface area contributed by atoms with Gasteiger partial charge in [0, 0.05) is 38.3 Å². The monoisotopic (exact) mass is 508 g/mol. The number of carbonyl (C=O) groups excluding carboxylic acids is 2. The van der Waals surface area contributed by atoms with Gasteiger partial charge in [-0.25, -0.2) is 14.6 Å². The predicted octanol–water partition coefficient (Wildman–Crippen LogP) is 2.49. The molecule has 2 saturated heterocycles. The van der Waals surface area contributed by atoms with E-state index in [1.165, 1.54) is 13.1 Å². The van der Waals surface area contributed by atoms with E-state index in [0.717, 1.165) is 27.0 Å². The summed E-state index contributed by atoms with van der Waals surface area (Å²) < 4.78 is 65.1. The summed E-state index contributed by atoms with van der Waals surface area (Å²) in [7, 11) is -4.79. The van der Waals surface area contributed by atoms with Crippen LogP contribution in [0.15, 0.2) is 18.3 Å². The van der Waals surface area contributed by atoms with Crippen LogP contribution in [0.4, 0.5) is 28.4 Å². The Labute approximate surface area is 193 Å². The molecule has 2 aliphatic heterocycles. The lowest BCUT2D eigenvalue weighted by Crippen LogP contribution is -2.66. The summed E-state index contributed by atoms with van der Waals surface area (Å²) in [5.41, 5.74) is -8.09. The summed E-state index contributed by atoms with van der Waals surface area (Å²) in [6.07, 6.45) is -0.341. The molecule has 3 rings (SSSR count). The van der Waals surface area contributed by atoms with Crippen molar-refractivity contribution in [1.82, 2.24) is 14.8 Å². The van der Waals surface area contributed by atoms with Gasteiger partial charge in [-0.3, -0.25) is 14.6 Å². The van der Waals surface area contributed by atoms with Gasteiger partial charge >= 0.3 is 27.8 Å². The van der Waals surface area contributed by atoms with Crippen molar-refractivity contribution in [2.24, 2.45) is 11.3 Å². The zero-order chi connectivity index (χ0) is 25.9. The number of nitrogens with zero attached hydrogens (tertiary/aromatic N) is 4. The van der Waals surface area contributed by atoms with E-state index in [9.17, 15) is 41.1 Å². The Morgan fingerprint density at radius 2 is 1.88 bits per heavy atom. The zero-order valence-corrected chi connectivity index (χ0v) is 19.5. The molecule has 0 aromatic carbocycles. The van der Waals surface area contributed by atoms with Crippen LogP contribution in [0.5, 0.6) is 5.88 Å². The lowest BCUT2D eigenvalue weighted by molar-refractivity contribution is -0.136. The Bertz CT molecular complexity index is 1140. The molecule has 34 heavy (non-hydrogen) atoms. The van der Waals surface area contributed by atoms with Crippen LogP contribution in [-0.2, 0) is 14.9 Å². The standard InChI is InChI=1S/C19H23F3N4O7S/c1-17(2,3)12-10-25(16(29)30)8-6-18(12)14(27)24(4)15(28)26(18)11-5-7-23-13(9-11)33-34(31,32)19(20,21)22/h5,7,9,12H,6,8,10H2,1-4H3,(H,29,30). The lowest BCUT2D eigenvalue weighted by atomic mass is 9.64. The summed E-state index contributed by atoms with van der Waals surface area (Å²) in [5.74, 6) is -2.28. The summed E-state index contributed by atoms with van der Waals surface area (Å²) in [6, 6.07) is 1.24. The fourth-order valence-electron chi connectivity index (χ4n) is 4.51. The highest BCUT2D eigenvalue weighted by molar-refractivity contribution is 7.87. The number of halogens is 3. The van der Waals surface area contributed by atoms with Crippen molar-refractivity contribution < 1.29 is 45.3 Å². The van der Waals surface area contributed by atoms with Gasteiger partial charge in [-0.2, -0.15) is 21.6 Å². The van der Waals surface area contributed by atoms with Crippen LogP contribution in [0.25, 0.3) is 0 Å². The molecule has 2 aliphatic rings. The highest BCUT2D eigenvalue weighted by atomic mass is 32.2. The number of imide groups is 1. The number of carboxylic acid groups (broad SMARTS) is 1. The minimum Gasteiger partial charge on any atom is -0.465 e. The second kappa shape index (κ2) is 7.99. The van der Waals surface area contributed by atoms with E-state index in [0.29, 0.717) is 0 Å². The highest BCUT2D eigenvalue weighted by Crippen LogP contribution is 2.49. The van der Waals surface area contributed by atoms with Gasteiger partial charge in [0.1, 0.15) is 5.54 Å². The average molecular weight is 508 g/mol. The fourth-order valence-corrected chi connectivity index (χ4v) is 4.92. The number of anilines is 1. The number of hydrogen-bond acceptors (Lipinski definition) is 7. The molecule has 2 unspecified atom stereocenters. The number of likely N-dealkylation sites (tertiary alicyclic amines) is 1. The summed E-state index contributed by atoms with van der Waals surface area (Å²) in [5, 5.41) is 9.49. The molecule has 1 aromatic heterocycles. The molecule has 2 atom stereocenters. The molecule has 0 bridgehead atoms. The minimum absolute atomic E-state index is 0.0812. The van der Waals surface area contributed by atoms with Crippen molar-refractivity contribution in [3.05, 3.63) is 18.3 Å². The Morgan fingerprint density at radius 1 is 1.26 bits per heavy atom. The van der Waals surface area contributed by atoms with Crippen molar-refractivity contribution >= 4 is 33.8 Å². The van der Waals surface area contributed by atoms with Crippen LogP contribution in [0, 0.1) is 11.3 Å². The van der Waals surface area contributed by atoms with Gasteiger partial charge in [-0.05, 0) is 17.9 Å². The Hall–Kier alpha value is -3.10. The first-order chi connectivity index (χ1) is 15.4. The number of likely N-dealkylation sites (N-methyl/N-ethyl adjacent to an activating group) is 1. The van der Waals surface area contributed by atoms with E-state index in [2.05, 4.69) is 9.17 Å². The fraction of sp³-hybridized carbons (Fsp3) is 0.579. The van der Waals surface area contributed by atoms with Crippen molar-refractivity contribution in [3.8, 4) is 5.88 Å². The van der Waals surface area contributed by atoms with E-state index in [4.69, 9.17) is 0 Å². The Morgan fingerprint density at radius 3 is 2.41 bits per heavy atom. The van der Waals surface area contributed by atoms with E-state index in [1.807, 2.05) is 0 Å². The third-order valence-electron chi connectivity index (χ3n) is 6.07. The molecular formula is C19H23F3N4O7S. The van der Waals surface area contributed by atoms with E-state index < -0.39 is 56.4 Å². The maximum atomic E-state index is 13.5. The maximum absolute atomic E-state index is 13.5. The van der Waals surface area contributed by atoms with Gasteiger partial charge < -0.3 is 14.2 Å². The first-order valence-electron chi connectivity index (χ1n) is 10.0. The number of carbonyl (C=O) groups is 3. The van der Waals surface area contributed by atoms with Gasteiger partial charge in [-0.15, -0.1) is 0 Å². The number of alkyl halides is 3. The molecule has 0 aliphatic carbocycles. The summed E-state index contributed by atoms with van der Waals surface area (Å²) in [6.45, 7) is 5.16. The van der Waals surface area contributed by atoms with Gasteiger partial charge in [-0.1, -0.05) is 20.8 Å². The van der Waals surface area contributed by atoms with Gasteiger partial charge in [0.15, 0.2) is 0 Å². The van der Waals surface area contributed by atoms with E-state index in [-0.39, 0.29) is 25.2 Å². The van der Waals surface area contributed by atoms with Gasteiger partial charge in [0.2, 0.25) is 5.88 Å². The largest absolute Gasteiger partial charge is 0.534 e. The average Bonchev–Trinajstić information content (AvgIpc) is 2.87. The number of hydrogen-bond donors (Lipinski definition) is 1. The smallest absolute Gasteiger partial charge is 0.465 e. The van der Waals surface area contributed by atoms with E-state index >= 15 is 0 Å². The number of pyridine rings is 1. The van der Waals surface area contributed by atoms with Crippen LogP contribution in [0.2, 0.25) is 0 Å². The third kappa shape index (κ3) is 4.01. The molecule has 4 amide bonds. The van der Waals surface area contributed by atoms with Crippen molar-refractivity contribution in [1.29, 1.82) is 0 Å². The maximum Gasteiger partial charge on any atom is 0.534 e. The molecule has 188 valence electrons. The van der Waals surface area contributed by atoms with Crippen LogP contribution < -0.4 is 9.08 Å². The Kier molecular flexibility index (Phi) is 6.00. The first-order valence-corrected chi connectivity index (χ1v) is 11.4. The van der Waals surface area contributed by atoms with Crippen molar-refractivity contribution in [2.75, 3.05) is 25.0 Å². The van der Waals surface area contributed by atoms with Crippen LogP contribution in [-0.4, -0.2) is 77.5 Å². The zero-order valence-electron chi connectivity index (χ0n) is 18.7. The number of rotatable bonds is 3. The minimum atomic E-state index is -6.03. The highest BCUT2D eigenvalue weighted by Gasteiger charge is 2.64. The van der Waals surface area contributed by atoms with E-state index in [1.54, 1.807) is 20.8 Å². The molecule has 0 radical (unpaired) electrons. The quantitative estimate of drug-likeness (QED) is 0.374. The van der Waals surface area contributed by atoms with Crippen molar-refractivity contribution in [3.63, 3.8) is 0 Å². The normalized spacial score (nSPS) is 24.2. The molecule has 1 N–H and O–H groups in total. The number of urea groups is 1. The summed E-state index contributed by atoms with van der Waals surface area (Å²) in [4.78, 5) is 44.8. The predicted molar refractivity (Wildman–Crippen MR) is 110 cm³/mol. The topological polar surface area (TPSA) is 137 Å². The molecule has 1 spiro atoms. The second-order valence-electron chi connectivity index (χ2n) is 9.14. The van der Waals surface area contributed by atoms with Crippen molar-refractivity contribution in [2.45, 2.75) is 38.2 Å². The lowest BCUT2D eigenvalue weighted by Gasteiger charge is -2.51. The van der Waals surface area contributed by atoms with Crippen LogP contribution >= 0.6 is 0 Å².